The summed E-state index contributed by atoms with van der Waals surface area (Å²) in [6.07, 6.45) is 1.71. The zero-order valence-electron chi connectivity index (χ0n) is 12.7. The van der Waals surface area contributed by atoms with Crippen LogP contribution in [0.3, 0.4) is 0 Å². The quantitative estimate of drug-likeness (QED) is 0.745. The number of aromatic nitrogens is 2. The molecule has 0 atom stereocenters. The Morgan fingerprint density at radius 3 is 2.96 bits per heavy atom. The Balaban J connectivity index is 1.79. The van der Waals surface area contributed by atoms with Crippen LogP contribution in [-0.4, -0.2) is 22.5 Å². The third-order valence-corrected chi connectivity index (χ3v) is 4.22. The number of rotatable bonds is 4. The van der Waals surface area contributed by atoms with E-state index in [0.29, 0.717) is 22.8 Å². The van der Waals surface area contributed by atoms with Gasteiger partial charge in [0.05, 0.1) is 24.9 Å². The normalized spacial score (nSPS) is 10.7. The number of thiazole rings is 1. The fraction of sp³-hybridized carbons (Fsp3) is 0.188. The van der Waals surface area contributed by atoms with Crippen molar-refractivity contribution in [3.63, 3.8) is 0 Å². The molecule has 2 aromatic heterocycles. The third-order valence-electron chi connectivity index (χ3n) is 3.46. The summed E-state index contributed by atoms with van der Waals surface area (Å²) in [7, 11) is 1.36. The second-order valence-electron chi connectivity index (χ2n) is 5.02. The van der Waals surface area contributed by atoms with E-state index in [1.807, 2.05) is 18.4 Å². The Hall–Kier alpha value is -2.67. The Labute approximate surface area is 136 Å². The van der Waals surface area contributed by atoms with Crippen LogP contribution in [0.4, 0.5) is 5.69 Å². The van der Waals surface area contributed by atoms with Gasteiger partial charge in [-0.2, -0.15) is 0 Å². The summed E-state index contributed by atoms with van der Waals surface area (Å²) in [5.74, 6) is -0.363. The number of carbonyl (C=O) groups excluding carboxylic acids is 1. The number of carbonyl (C=O) groups is 1. The van der Waals surface area contributed by atoms with Crippen LogP contribution in [0.5, 0.6) is 0 Å². The molecule has 0 aliphatic carbocycles. The standard InChI is InChI=1S/C16H15N3O3S/c1-10-7-11(15(21)22-2)3-4-13(10)17-9-12-8-14(20)19-5-6-23-16(19)18-12/h3-8,17H,9H2,1-2H3. The van der Waals surface area contributed by atoms with Gasteiger partial charge in [0.2, 0.25) is 0 Å². The van der Waals surface area contributed by atoms with Crippen molar-refractivity contribution in [3.8, 4) is 0 Å². The zero-order chi connectivity index (χ0) is 16.4. The topological polar surface area (TPSA) is 72.7 Å². The minimum Gasteiger partial charge on any atom is -0.465 e. The van der Waals surface area contributed by atoms with Crippen LogP contribution >= 0.6 is 11.3 Å². The summed E-state index contributed by atoms with van der Waals surface area (Å²) in [5.41, 5.74) is 2.89. The van der Waals surface area contributed by atoms with Crippen molar-refractivity contribution in [1.29, 1.82) is 0 Å². The lowest BCUT2D eigenvalue weighted by Crippen LogP contribution is -2.15. The van der Waals surface area contributed by atoms with Gasteiger partial charge in [-0.3, -0.25) is 9.20 Å². The number of nitrogens with zero attached hydrogens (tertiary/aromatic N) is 2. The molecule has 3 aromatic rings. The van der Waals surface area contributed by atoms with Gasteiger partial charge in [-0.25, -0.2) is 9.78 Å². The lowest BCUT2D eigenvalue weighted by Gasteiger charge is -2.10. The highest BCUT2D eigenvalue weighted by atomic mass is 32.1. The summed E-state index contributed by atoms with van der Waals surface area (Å²) < 4.78 is 6.22. The lowest BCUT2D eigenvalue weighted by molar-refractivity contribution is 0.0600. The van der Waals surface area contributed by atoms with E-state index < -0.39 is 0 Å². The van der Waals surface area contributed by atoms with Gasteiger partial charge in [0, 0.05) is 23.3 Å². The zero-order valence-corrected chi connectivity index (χ0v) is 13.5. The van der Waals surface area contributed by atoms with Gasteiger partial charge >= 0.3 is 5.97 Å². The van der Waals surface area contributed by atoms with Crippen molar-refractivity contribution in [1.82, 2.24) is 9.38 Å². The smallest absolute Gasteiger partial charge is 0.337 e. The maximum atomic E-state index is 11.9. The fourth-order valence-electron chi connectivity index (χ4n) is 2.27. The number of nitrogens with one attached hydrogen (secondary N) is 1. The van der Waals surface area contributed by atoms with Gasteiger partial charge in [-0.15, -0.1) is 11.3 Å². The minimum absolute atomic E-state index is 0.0918. The molecule has 0 saturated carbocycles. The first-order valence-corrected chi connectivity index (χ1v) is 7.85. The highest BCUT2D eigenvalue weighted by Crippen LogP contribution is 2.18. The van der Waals surface area contributed by atoms with E-state index in [9.17, 15) is 9.59 Å². The number of hydrogen-bond acceptors (Lipinski definition) is 6. The van der Waals surface area contributed by atoms with Gasteiger partial charge in [-0.1, -0.05) is 0 Å². The van der Waals surface area contributed by atoms with Crippen LogP contribution in [0, 0.1) is 6.92 Å². The van der Waals surface area contributed by atoms with E-state index in [2.05, 4.69) is 10.3 Å². The Morgan fingerprint density at radius 1 is 1.39 bits per heavy atom. The van der Waals surface area contributed by atoms with Gasteiger partial charge in [0.15, 0.2) is 4.96 Å². The van der Waals surface area contributed by atoms with E-state index in [1.165, 1.54) is 28.9 Å². The summed E-state index contributed by atoms with van der Waals surface area (Å²) >= 11 is 1.42. The molecule has 0 fully saturated rings. The second kappa shape index (κ2) is 6.21. The first kappa shape index (κ1) is 15.2. The number of aryl methyl sites for hydroxylation is 1. The van der Waals surface area contributed by atoms with Crippen molar-refractivity contribution in [3.05, 3.63) is 63.0 Å². The molecule has 23 heavy (non-hydrogen) atoms. The van der Waals surface area contributed by atoms with Crippen LogP contribution in [0.25, 0.3) is 4.96 Å². The molecular formula is C16H15N3O3S. The van der Waals surface area contributed by atoms with Gasteiger partial charge in [-0.05, 0) is 30.7 Å². The van der Waals surface area contributed by atoms with Crippen molar-refractivity contribution in [2.75, 3.05) is 12.4 Å². The number of hydrogen-bond donors (Lipinski definition) is 1. The van der Waals surface area contributed by atoms with E-state index in [-0.39, 0.29) is 11.5 Å². The predicted molar refractivity (Wildman–Crippen MR) is 89.2 cm³/mol. The predicted octanol–water partition coefficient (Wildman–Crippen LogP) is 2.46. The van der Waals surface area contributed by atoms with Crippen LogP contribution < -0.4 is 10.9 Å². The molecule has 0 radical (unpaired) electrons. The highest BCUT2D eigenvalue weighted by molar-refractivity contribution is 7.15. The molecule has 0 aliphatic rings. The first-order chi connectivity index (χ1) is 11.1. The molecule has 2 heterocycles. The van der Waals surface area contributed by atoms with Crippen molar-refractivity contribution in [2.24, 2.45) is 0 Å². The van der Waals surface area contributed by atoms with Gasteiger partial charge in [0.1, 0.15) is 0 Å². The van der Waals surface area contributed by atoms with E-state index in [4.69, 9.17) is 4.74 Å². The molecule has 6 nitrogen and oxygen atoms in total. The Kier molecular flexibility index (Phi) is 4.12. The number of benzene rings is 1. The van der Waals surface area contributed by atoms with Gasteiger partial charge < -0.3 is 10.1 Å². The number of methoxy groups -OCH3 is 1. The largest absolute Gasteiger partial charge is 0.465 e. The molecule has 0 spiro atoms. The van der Waals surface area contributed by atoms with Crippen LogP contribution in [-0.2, 0) is 11.3 Å². The molecule has 0 amide bonds. The monoisotopic (exact) mass is 329 g/mol. The molecule has 0 aliphatic heterocycles. The summed E-state index contributed by atoms with van der Waals surface area (Å²) in [5, 5.41) is 5.07. The molecule has 1 aromatic carbocycles. The van der Waals surface area contributed by atoms with Crippen LogP contribution in [0.15, 0.2) is 40.6 Å². The van der Waals surface area contributed by atoms with Crippen molar-refractivity contribution < 1.29 is 9.53 Å². The lowest BCUT2D eigenvalue weighted by atomic mass is 10.1. The molecule has 0 unspecified atom stereocenters. The minimum atomic E-state index is -0.363. The molecular weight excluding hydrogens is 314 g/mol. The van der Waals surface area contributed by atoms with E-state index in [1.54, 1.807) is 18.3 Å². The van der Waals surface area contributed by atoms with E-state index >= 15 is 0 Å². The molecule has 0 saturated heterocycles. The van der Waals surface area contributed by atoms with Crippen molar-refractivity contribution >= 4 is 28.0 Å². The number of fused-ring (bicyclic) bond motifs is 1. The average Bonchev–Trinajstić information content (AvgIpc) is 3.02. The first-order valence-electron chi connectivity index (χ1n) is 6.97. The Bertz CT molecular complexity index is 930. The molecule has 1 N–H and O–H groups in total. The van der Waals surface area contributed by atoms with Crippen LogP contribution in [0.2, 0.25) is 0 Å². The second-order valence-corrected chi connectivity index (χ2v) is 5.89. The summed E-state index contributed by atoms with van der Waals surface area (Å²) in [4.78, 5) is 28.6. The summed E-state index contributed by atoms with van der Waals surface area (Å²) in [6, 6.07) is 6.80. The SMILES string of the molecule is COC(=O)c1ccc(NCc2cc(=O)n3ccsc3n2)c(C)c1. The third kappa shape index (κ3) is 3.09. The van der Waals surface area contributed by atoms with Gasteiger partial charge in [0.25, 0.3) is 5.56 Å². The number of ether oxygens (including phenoxy) is 1. The average molecular weight is 329 g/mol. The molecule has 0 bridgehead atoms. The number of esters is 1. The Morgan fingerprint density at radius 2 is 2.22 bits per heavy atom. The summed E-state index contributed by atoms with van der Waals surface area (Å²) in [6.45, 7) is 2.33. The molecule has 118 valence electrons. The molecule has 7 heteroatoms. The maximum absolute atomic E-state index is 11.9. The fourth-order valence-corrected chi connectivity index (χ4v) is 3.01. The highest BCUT2D eigenvalue weighted by Gasteiger charge is 2.08. The van der Waals surface area contributed by atoms with E-state index in [0.717, 1.165) is 11.3 Å². The number of anilines is 1. The maximum Gasteiger partial charge on any atom is 0.337 e. The van der Waals surface area contributed by atoms with Crippen LogP contribution in [0.1, 0.15) is 21.6 Å². The molecule has 3 rings (SSSR count). The van der Waals surface area contributed by atoms with Crippen molar-refractivity contribution in [2.45, 2.75) is 13.5 Å².